The Hall–Kier alpha value is -1.45. The van der Waals surface area contributed by atoms with E-state index in [1.165, 1.54) is 6.07 Å². The maximum Gasteiger partial charge on any atom is 0.141 e. The van der Waals surface area contributed by atoms with Crippen LogP contribution in [0.15, 0.2) is 42.6 Å². The number of aromatic nitrogens is 1. The standard InChI is InChI=1S/C15H16ClFN2/c1-11(12-5-6-15(17)14(16)10-12)18-9-7-13-4-2-3-8-19-13/h2-6,8,10-11,18H,7,9H2,1H3. The Balaban J connectivity index is 1.87. The number of hydrogen-bond acceptors (Lipinski definition) is 2. The fraction of sp³-hybridized carbons (Fsp3) is 0.267. The lowest BCUT2D eigenvalue weighted by Gasteiger charge is -2.14. The number of nitrogens with one attached hydrogen (secondary N) is 1. The summed E-state index contributed by atoms with van der Waals surface area (Å²) < 4.78 is 13.1. The summed E-state index contributed by atoms with van der Waals surface area (Å²) in [6.07, 6.45) is 2.65. The fourth-order valence-electron chi connectivity index (χ4n) is 1.86. The third-order valence-electron chi connectivity index (χ3n) is 3.00. The summed E-state index contributed by atoms with van der Waals surface area (Å²) in [7, 11) is 0. The highest BCUT2D eigenvalue weighted by atomic mass is 35.5. The van der Waals surface area contributed by atoms with Crippen LogP contribution in [0.25, 0.3) is 0 Å². The molecule has 2 nitrogen and oxygen atoms in total. The second-order valence-corrected chi connectivity index (χ2v) is 4.83. The summed E-state index contributed by atoms with van der Waals surface area (Å²) in [6, 6.07) is 10.8. The zero-order valence-corrected chi connectivity index (χ0v) is 11.5. The van der Waals surface area contributed by atoms with Crippen molar-refractivity contribution in [2.75, 3.05) is 6.54 Å². The molecule has 100 valence electrons. The van der Waals surface area contributed by atoms with Crippen LogP contribution in [0.5, 0.6) is 0 Å². The van der Waals surface area contributed by atoms with E-state index >= 15 is 0 Å². The van der Waals surface area contributed by atoms with Crippen LogP contribution >= 0.6 is 11.6 Å². The Morgan fingerprint density at radius 3 is 2.84 bits per heavy atom. The molecule has 0 saturated carbocycles. The first-order valence-corrected chi connectivity index (χ1v) is 6.63. The Kier molecular flexibility index (Phi) is 4.88. The molecule has 0 radical (unpaired) electrons. The monoisotopic (exact) mass is 278 g/mol. The van der Waals surface area contributed by atoms with Gasteiger partial charge < -0.3 is 5.32 Å². The molecule has 4 heteroatoms. The van der Waals surface area contributed by atoms with E-state index in [-0.39, 0.29) is 16.9 Å². The van der Waals surface area contributed by atoms with Crippen LogP contribution in [0.2, 0.25) is 5.02 Å². The van der Waals surface area contributed by atoms with Gasteiger partial charge in [-0.1, -0.05) is 23.7 Å². The molecule has 0 saturated heterocycles. The molecule has 1 unspecified atom stereocenters. The second-order valence-electron chi connectivity index (χ2n) is 4.42. The Morgan fingerprint density at radius 1 is 1.32 bits per heavy atom. The minimum atomic E-state index is -0.383. The average Bonchev–Trinajstić information content (AvgIpc) is 2.43. The minimum absolute atomic E-state index is 0.127. The van der Waals surface area contributed by atoms with Gasteiger partial charge in [0, 0.05) is 30.9 Å². The average molecular weight is 279 g/mol. The van der Waals surface area contributed by atoms with Crippen molar-refractivity contribution < 1.29 is 4.39 Å². The molecule has 0 aliphatic rings. The maximum absolute atomic E-state index is 13.1. The van der Waals surface area contributed by atoms with Crippen LogP contribution in [-0.4, -0.2) is 11.5 Å². The fourth-order valence-corrected chi connectivity index (χ4v) is 2.05. The topological polar surface area (TPSA) is 24.9 Å². The number of hydrogen-bond donors (Lipinski definition) is 1. The minimum Gasteiger partial charge on any atom is -0.310 e. The van der Waals surface area contributed by atoms with Gasteiger partial charge >= 0.3 is 0 Å². The maximum atomic E-state index is 13.1. The third-order valence-corrected chi connectivity index (χ3v) is 3.29. The van der Waals surface area contributed by atoms with E-state index in [0.29, 0.717) is 0 Å². The normalized spacial score (nSPS) is 12.4. The van der Waals surface area contributed by atoms with Crippen molar-refractivity contribution in [2.45, 2.75) is 19.4 Å². The Labute approximate surface area is 117 Å². The van der Waals surface area contributed by atoms with Gasteiger partial charge in [-0.15, -0.1) is 0 Å². The van der Waals surface area contributed by atoms with E-state index in [4.69, 9.17) is 11.6 Å². The van der Waals surface area contributed by atoms with Crippen molar-refractivity contribution in [1.82, 2.24) is 10.3 Å². The molecular formula is C15H16ClFN2. The van der Waals surface area contributed by atoms with Crippen LogP contribution in [-0.2, 0) is 6.42 Å². The molecule has 0 bridgehead atoms. The molecule has 0 fully saturated rings. The number of halogens is 2. The number of nitrogens with zero attached hydrogens (tertiary/aromatic N) is 1. The second kappa shape index (κ2) is 6.64. The van der Waals surface area contributed by atoms with Gasteiger partial charge in [0.15, 0.2) is 0 Å². The van der Waals surface area contributed by atoms with Crippen LogP contribution in [0, 0.1) is 5.82 Å². The molecular weight excluding hydrogens is 263 g/mol. The van der Waals surface area contributed by atoms with E-state index in [1.807, 2.05) is 25.1 Å². The SMILES string of the molecule is CC(NCCc1ccccn1)c1ccc(F)c(Cl)c1. The van der Waals surface area contributed by atoms with Crippen molar-refractivity contribution in [2.24, 2.45) is 0 Å². The smallest absolute Gasteiger partial charge is 0.141 e. The highest BCUT2D eigenvalue weighted by Gasteiger charge is 2.07. The quantitative estimate of drug-likeness (QED) is 0.901. The van der Waals surface area contributed by atoms with E-state index in [9.17, 15) is 4.39 Å². The molecule has 2 rings (SSSR count). The molecule has 1 atom stereocenters. The van der Waals surface area contributed by atoms with Gasteiger partial charge in [0.25, 0.3) is 0 Å². The van der Waals surface area contributed by atoms with Crippen LogP contribution in [0.1, 0.15) is 24.2 Å². The number of pyridine rings is 1. The third kappa shape index (κ3) is 4.01. The lowest BCUT2D eigenvalue weighted by Crippen LogP contribution is -2.21. The van der Waals surface area contributed by atoms with Gasteiger partial charge in [0.2, 0.25) is 0 Å². The molecule has 1 aromatic carbocycles. The highest BCUT2D eigenvalue weighted by Crippen LogP contribution is 2.20. The first-order valence-electron chi connectivity index (χ1n) is 6.25. The zero-order valence-electron chi connectivity index (χ0n) is 10.7. The molecule has 0 amide bonds. The molecule has 0 aliphatic carbocycles. The molecule has 1 N–H and O–H groups in total. The van der Waals surface area contributed by atoms with Gasteiger partial charge in [-0.25, -0.2) is 4.39 Å². The van der Waals surface area contributed by atoms with E-state index in [2.05, 4.69) is 10.3 Å². The predicted molar refractivity (Wildman–Crippen MR) is 75.8 cm³/mol. The highest BCUT2D eigenvalue weighted by molar-refractivity contribution is 6.30. The largest absolute Gasteiger partial charge is 0.310 e. The predicted octanol–water partition coefficient (Wildman–Crippen LogP) is 3.77. The van der Waals surface area contributed by atoms with Crippen LogP contribution in [0.4, 0.5) is 4.39 Å². The van der Waals surface area contributed by atoms with Crippen molar-refractivity contribution >= 4 is 11.6 Å². The van der Waals surface area contributed by atoms with Crippen molar-refractivity contribution in [3.05, 3.63) is 64.7 Å². The summed E-state index contributed by atoms with van der Waals surface area (Å²) in [6.45, 7) is 2.84. The number of benzene rings is 1. The molecule has 1 heterocycles. The molecule has 1 aromatic heterocycles. The van der Waals surface area contributed by atoms with E-state index < -0.39 is 0 Å². The van der Waals surface area contributed by atoms with Gasteiger partial charge in [-0.3, -0.25) is 4.98 Å². The number of rotatable bonds is 5. The zero-order chi connectivity index (χ0) is 13.7. The van der Waals surface area contributed by atoms with Gasteiger partial charge in [0.1, 0.15) is 5.82 Å². The van der Waals surface area contributed by atoms with E-state index in [0.717, 1.165) is 24.2 Å². The molecule has 0 aliphatic heterocycles. The van der Waals surface area contributed by atoms with Gasteiger partial charge in [-0.05, 0) is 36.8 Å². The summed E-state index contributed by atoms with van der Waals surface area (Å²) in [5.74, 6) is -0.383. The van der Waals surface area contributed by atoms with Gasteiger partial charge in [0.05, 0.1) is 5.02 Å². The van der Waals surface area contributed by atoms with Crippen molar-refractivity contribution in [3.63, 3.8) is 0 Å². The Bertz CT molecular complexity index is 531. The lowest BCUT2D eigenvalue weighted by molar-refractivity contribution is 0.570. The summed E-state index contributed by atoms with van der Waals surface area (Å²) in [4.78, 5) is 4.26. The van der Waals surface area contributed by atoms with E-state index in [1.54, 1.807) is 18.3 Å². The van der Waals surface area contributed by atoms with Crippen LogP contribution in [0.3, 0.4) is 0 Å². The van der Waals surface area contributed by atoms with Crippen molar-refractivity contribution in [3.8, 4) is 0 Å². The lowest BCUT2D eigenvalue weighted by atomic mass is 10.1. The van der Waals surface area contributed by atoms with Crippen LogP contribution < -0.4 is 5.32 Å². The molecule has 19 heavy (non-hydrogen) atoms. The van der Waals surface area contributed by atoms with Crippen molar-refractivity contribution in [1.29, 1.82) is 0 Å². The molecule has 0 spiro atoms. The van der Waals surface area contributed by atoms with Gasteiger partial charge in [-0.2, -0.15) is 0 Å². The summed E-state index contributed by atoms with van der Waals surface area (Å²) in [5, 5.41) is 3.54. The first-order chi connectivity index (χ1) is 9.16. The summed E-state index contributed by atoms with van der Waals surface area (Å²) in [5.41, 5.74) is 2.03. The Morgan fingerprint density at radius 2 is 2.16 bits per heavy atom. The molecule has 2 aromatic rings. The summed E-state index contributed by atoms with van der Waals surface area (Å²) >= 11 is 5.78. The first kappa shape index (κ1) is 14.0.